The van der Waals surface area contributed by atoms with Crippen LogP contribution in [0, 0.1) is 10.1 Å². The Balaban J connectivity index is 1.38. The predicted octanol–water partition coefficient (Wildman–Crippen LogP) is 6.67. The van der Waals surface area contributed by atoms with Crippen LogP contribution in [0.2, 0.25) is 5.02 Å². The number of aromatic nitrogens is 3. The summed E-state index contributed by atoms with van der Waals surface area (Å²) in [4.78, 5) is 14.9. The quantitative estimate of drug-likeness (QED) is 0.153. The first kappa shape index (κ1) is 22.5. The van der Waals surface area contributed by atoms with Crippen molar-refractivity contribution < 1.29 is 4.92 Å². The maximum Gasteiger partial charge on any atom is 0.269 e. The normalized spacial score (nSPS) is 11.1. The number of anilines is 1. The highest BCUT2D eigenvalue weighted by atomic mass is 35.5. The van der Waals surface area contributed by atoms with Crippen LogP contribution in [0.1, 0.15) is 5.56 Å². The molecule has 0 aliphatic carbocycles. The molecule has 1 N–H and O–H groups in total. The van der Waals surface area contributed by atoms with Gasteiger partial charge in [0.1, 0.15) is 5.69 Å². The maximum atomic E-state index is 10.9. The summed E-state index contributed by atoms with van der Waals surface area (Å²) in [6.45, 7) is 0. The first-order valence-electron chi connectivity index (χ1n) is 10.5. The highest BCUT2D eigenvalue weighted by Crippen LogP contribution is 2.27. The van der Waals surface area contributed by atoms with Gasteiger partial charge in [0.2, 0.25) is 5.13 Å². The van der Waals surface area contributed by atoms with Crippen molar-refractivity contribution in [2.24, 2.45) is 5.10 Å². The van der Waals surface area contributed by atoms with Crippen molar-refractivity contribution in [3.63, 3.8) is 0 Å². The second-order valence-corrected chi connectivity index (χ2v) is 8.73. The third kappa shape index (κ3) is 5.11. The van der Waals surface area contributed by atoms with Crippen molar-refractivity contribution in [3.8, 4) is 28.2 Å². The fourth-order valence-corrected chi connectivity index (χ4v) is 4.19. The Hall–Kier alpha value is -4.34. The Labute approximate surface area is 209 Å². The summed E-state index contributed by atoms with van der Waals surface area (Å²) in [5.74, 6) is 0. The number of nitrogens with one attached hydrogen (secondary N) is 1. The van der Waals surface area contributed by atoms with Crippen molar-refractivity contribution in [3.05, 3.63) is 111 Å². The fourth-order valence-electron chi connectivity index (χ4n) is 3.40. The number of nitro groups is 1. The molecule has 0 saturated heterocycles. The monoisotopic (exact) mass is 500 g/mol. The summed E-state index contributed by atoms with van der Waals surface area (Å²) in [6.07, 6.45) is 3.61. The van der Waals surface area contributed by atoms with Crippen LogP contribution in [0.25, 0.3) is 28.2 Å². The number of benzene rings is 3. The fraction of sp³-hybridized carbons (Fsp3) is 0. The molecule has 3 aromatic carbocycles. The average Bonchev–Trinajstić information content (AvgIpc) is 3.53. The zero-order chi connectivity index (χ0) is 24.2. The molecule has 0 spiro atoms. The van der Waals surface area contributed by atoms with Crippen LogP contribution >= 0.6 is 22.9 Å². The van der Waals surface area contributed by atoms with Gasteiger partial charge in [-0.3, -0.25) is 15.5 Å². The molecule has 0 aliphatic heterocycles. The lowest BCUT2D eigenvalue weighted by atomic mass is 10.1. The van der Waals surface area contributed by atoms with Crippen molar-refractivity contribution in [2.45, 2.75) is 0 Å². The minimum Gasteiger partial charge on any atom is -0.258 e. The zero-order valence-electron chi connectivity index (χ0n) is 18.1. The number of rotatable bonds is 7. The van der Waals surface area contributed by atoms with Crippen LogP contribution in [-0.2, 0) is 0 Å². The summed E-state index contributed by atoms with van der Waals surface area (Å²) < 4.78 is 1.81. The van der Waals surface area contributed by atoms with Gasteiger partial charge in [0.25, 0.3) is 5.69 Å². The van der Waals surface area contributed by atoms with E-state index in [-0.39, 0.29) is 5.69 Å². The second kappa shape index (κ2) is 9.88. The Kier molecular flexibility index (Phi) is 6.34. The third-order valence-corrected chi connectivity index (χ3v) is 6.12. The minimum atomic E-state index is -0.426. The van der Waals surface area contributed by atoms with Gasteiger partial charge in [0.05, 0.1) is 22.5 Å². The van der Waals surface area contributed by atoms with E-state index < -0.39 is 4.92 Å². The number of hydrogen-bond acceptors (Lipinski definition) is 7. The molecule has 0 amide bonds. The molecule has 0 aliphatic rings. The second-order valence-electron chi connectivity index (χ2n) is 7.43. The number of thiazole rings is 1. The summed E-state index contributed by atoms with van der Waals surface area (Å²) in [6, 6.07) is 23.6. The van der Waals surface area contributed by atoms with Gasteiger partial charge >= 0.3 is 0 Å². The third-order valence-electron chi connectivity index (χ3n) is 5.12. The largest absolute Gasteiger partial charge is 0.269 e. The van der Waals surface area contributed by atoms with Crippen LogP contribution in [-0.4, -0.2) is 25.9 Å². The smallest absolute Gasteiger partial charge is 0.258 e. The summed E-state index contributed by atoms with van der Waals surface area (Å²) >= 11 is 7.45. The van der Waals surface area contributed by atoms with E-state index in [0.29, 0.717) is 15.8 Å². The van der Waals surface area contributed by atoms with E-state index in [1.54, 1.807) is 23.0 Å². The van der Waals surface area contributed by atoms with Crippen LogP contribution in [0.4, 0.5) is 10.8 Å². The van der Waals surface area contributed by atoms with E-state index in [4.69, 9.17) is 16.7 Å². The van der Waals surface area contributed by atoms with E-state index >= 15 is 0 Å². The summed E-state index contributed by atoms with van der Waals surface area (Å²) in [5.41, 5.74) is 7.93. The van der Waals surface area contributed by atoms with E-state index in [2.05, 4.69) is 15.5 Å². The molecule has 0 saturated carbocycles. The molecule has 0 bridgehead atoms. The molecule has 5 rings (SSSR count). The molecule has 0 atom stereocenters. The number of nitrogens with zero attached hydrogens (tertiary/aromatic N) is 5. The topological polar surface area (TPSA) is 98.2 Å². The van der Waals surface area contributed by atoms with E-state index in [9.17, 15) is 10.1 Å². The van der Waals surface area contributed by atoms with Gasteiger partial charge in [-0.05, 0) is 36.4 Å². The highest BCUT2D eigenvalue weighted by Gasteiger charge is 2.12. The Morgan fingerprint density at radius 3 is 2.43 bits per heavy atom. The van der Waals surface area contributed by atoms with Crippen molar-refractivity contribution >= 4 is 40.0 Å². The van der Waals surface area contributed by atoms with Gasteiger partial charge in [-0.1, -0.05) is 41.9 Å². The Morgan fingerprint density at radius 1 is 1.00 bits per heavy atom. The zero-order valence-corrected chi connectivity index (χ0v) is 19.6. The molecule has 0 fully saturated rings. The molecule has 2 heterocycles. The molecule has 0 unspecified atom stereocenters. The number of non-ortho nitro benzene ring substituents is 1. The van der Waals surface area contributed by atoms with Gasteiger partial charge in [-0.15, -0.1) is 11.3 Å². The van der Waals surface area contributed by atoms with Crippen LogP contribution in [0.5, 0.6) is 0 Å². The van der Waals surface area contributed by atoms with E-state index in [0.717, 1.165) is 28.1 Å². The molecule has 172 valence electrons. The number of halogens is 1. The highest BCUT2D eigenvalue weighted by molar-refractivity contribution is 7.14. The lowest BCUT2D eigenvalue weighted by Crippen LogP contribution is -1.93. The van der Waals surface area contributed by atoms with E-state index in [1.807, 2.05) is 66.2 Å². The molecular formula is C25H17ClN6O2S. The Morgan fingerprint density at radius 2 is 1.71 bits per heavy atom. The number of hydrazone groups is 1. The first-order valence-corrected chi connectivity index (χ1v) is 11.7. The van der Waals surface area contributed by atoms with Gasteiger partial charge in [-0.25, -0.2) is 9.67 Å². The molecule has 0 radical (unpaired) electrons. The van der Waals surface area contributed by atoms with Crippen LogP contribution in [0.15, 0.2) is 95.5 Å². The van der Waals surface area contributed by atoms with Crippen LogP contribution < -0.4 is 5.43 Å². The molecular weight excluding hydrogens is 484 g/mol. The molecule has 8 nitrogen and oxygen atoms in total. The Bertz CT molecular complexity index is 1500. The number of nitro benzene ring substituents is 1. The first-order chi connectivity index (χ1) is 17.1. The molecule has 10 heteroatoms. The van der Waals surface area contributed by atoms with Gasteiger partial charge in [0, 0.05) is 45.4 Å². The molecule has 2 aromatic heterocycles. The minimum absolute atomic E-state index is 0.0412. The molecule has 35 heavy (non-hydrogen) atoms. The van der Waals surface area contributed by atoms with Crippen molar-refractivity contribution in [1.29, 1.82) is 0 Å². The lowest BCUT2D eigenvalue weighted by Gasteiger charge is -2.00. The standard InChI is InChI=1S/C25H17ClN6O2S/c26-20-10-6-18(7-11-20)24-19(15-31(30-24)21-4-2-1-3-5-21)14-27-29-25-28-23(16-35-25)17-8-12-22(13-9-17)32(33)34/h1-16H,(H,28,29)/b27-14-. The summed E-state index contributed by atoms with van der Waals surface area (Å²) in [5, 5.41) is 23.1. The van der Waals surface area contributed by atoms with Gasteiger partial charge in [0.15, 0.2) is 0 Å². The molecule has 5 aromatic rings. The lowest BCUT2D eigenvalue weighted by molar-refractivity contribution is -0.384. The van der Waals surface area contributed by atoms with Crippen LogP contribution in [0.3, 0.4) is 0 Å². The SMILES string of the molecule is O=[N+]([O-])c1ccc(-c2csc(N/N=C\c3cn(-c4ccccc4)nc3-c3ccc(Cl)cc3)n2)cc1. The van der Waals surface area contributed by atoms with Gasteiger partial charge in [-0.2, -0.15) is 10.2 Å². The summed E-state index contributed by atoms with van der Waals surface area (Å²) in [7, 11) is 0. The van der Waals surface area contributed by atoms with Gasteiger partial charge < -0.3 is 0 Å². The van der Waals surface area contributed by atoms with Crippen molar-refractivity contribution in [1.82, 2.24) is 14.8 Å². The maximum absolute atomic E-state index is 10.9. The van der Waals surface area contributed by atoms with Crippen molar-refractivity contribution in [2.75, 3.05) is 5.43 Å². The number of hydrogen-bond donors (Lipinski definition) is 1. The predicted molar refractivity (Wildman–Crippen MR) is 139 cm³/mol. The number of para-hydroxylation sites is 1. The van der Waals surface area contributed by atoms with E-state index in [1.165, 1.54) is 23.5 Å². The average molecular weight is 501 g/mol.